The number of halogens is 1. The van der Waals surface area contributed by atoms with Crippen LogP contribution in [0, 0.1) is 5.82 Å². The lowest BCUT2D eigenvalue weighted by Crippen LogP contribution is -2.44. The van der Waals surface area contributed by atoms with Crippen LogP contribution >= 0.6 is 0 Å². The van der Waals surface area contributed by atoms with E-state index >= 15 is 0 Å². The Balaban J connectivity index is 1.64. The first-order chi connectivity index (χ1) is 11.5. The average Bonchev–Trinajstić information content (AvgIpc) is 2.59. The molecule has 1 aliphatic rings. The van der Waals surface area contributed by atoms with Crippen LogP contribution in [0.25, 0.3) is 0 Å². The zero-order valence-electron chi connectivity index (χ0n) is 13.6. The van der Waals surface area contributed by atoms with Crippen LogP contribution in [0.3, 0.4) is 0 Å². The van der Waals surface area contributed by atoms with Gasteiger partial charge in [-0.3, -0.25) is 4.90 Å². The van der Waals surface area contributed by atoms with Crippen molar-refractivity contribution in [1.29, 1.82) is 0 Å². The van der Waals surface area contributed by atoms with Crippen molar-refractivity contribution in [3.63, 3.8) is 0 Å². The molecule has 128 valence electrons. The minimum absolute atomic E-state index is 0.0277. The predicted octanol–water partition coefficient (Wildman–Crippen LogP) is 2.55. The average molecular weight is 348 g/mol. The number of fused-ring (bicyclic) bond motifs is 1. The Labute approximate surface area is 142 Å². The number of hydrogen-bond acceptors (Lipinski definition) is 3. The number of hydrogen-bond donors (Lipinski definition) is 1. The lowest BCUT2D eigenvalue weighted by molar-refractivity contribution is 0.192. The molecule has 0 aliphatic carbocycles. The molecule has 2 aromatic rings. The van der Waals surface area contributed by atoms with E-state index in [1.165, 1.54) is 29.3 Å². The quantitative estimate of drug-likeness (QED) is 0.903. The molecule has 0 aromatic heterocycles. The number of rotatable bonds is 5. The van der Waals surface area contributed by atoms with Crippen molar-refractivity contribution in [3.8, 4) is 0 Å². The zero-order valence-corrected chi connectivity index (χ0v) is 14.4. The highest BCUT2D eigenvalue weighted by atomic mass is 32.2. The first-order valence-electron chi connectivity index (χ1n) is 8.02. The summed E-state index contributed by atoms with van der Waals surface area (Å²) in [5.41, 5.74) is 2.64. The summed E-state index contributed by atoms with van der Waals surface area (Å²) in [6, 6.07) is 13.8. The van der Waals surface area contributed by atoms with E-state index in [4.69, 9.17) is 0 Å². The second-order valence-corrected chi connectivity index (χ2v) is 7.86. The Hall–Kier alpha value is -1.76. The summed E-state index contributed by atoms with van der Waals surface area (Å²) in [6.07, 6.45) is 0.959. The summed E-state index contributed by atoms with van der Waals surface area (Å²) >= 11 is 0. The minimum Gasteiger partial charge on any atom is -0.295 e. The molecular formula is C18H21FN2O2S. The Bertz CT molecular complexity index is 823. The van der Waals surface area contributed by atoms with Crippen LogP contribution in [0.2, 0.25) is 0 Å². The maximum atomic E-state index is 13.7. The second-order valence-electron chi connectivity index (χ2n) is 6.12. The summed E-state index contributed by atoms with van der Waals surface area (Å²) in [5, 5.41) is 0. The fourth-order valence-corrected chi connectivity index (χ4v) is 4.19. The van der Waals surface area contributed by atoms with Crippen LogP contribution < -0.4 is 4.72 Å². The minimum atomic E-state index is -3.84. The van der Waals surface area contributed by atoms with E-state index in [0.717, 1.165) is 25.6 Å². The van der Waals surface area contributed by atoms with Crippen molar-refractivity contribution in [3.05, 3.63) is 65.5 Å². The summed E-state index contributed by atoms with van der Waals surface area (Å²) in [6.45, 7) is 3.93. The number of benzene rings is 2. The van der Waals surface area contributed by atoms with Gasteiger partial charge in [0.2, 0.25) is 10.0 Å². The maximum Gasteiger partial charge on any atom is 0.243 e. The van der Waals surface area contributed by atoms with E-state index in [-0.39, 0.29) is 17.5 Å². The Morgan fingerprint density at radius 1 is 1.12 bits per heavy atom. The van der Waals surface area contributed by atoms with Gasteiger partial charge in [-0.25, -0.2) is 17.5 Å². The van der Waals surface area contributed by atoms with Gasteiger partial charge >= 0.3 is 0 Å². The monoisotopic (exact) mass is 348 g/mol. The van der Waals surface area contributed by atoms with Crippen molar-refractivity contribution >= 4 is 10.0 Å². The molecule has 1 aliphatic heterocycles. The Kier molecular flexibility index (Phi) is 4.99. The zero-order chi connectivity index (χ0) is 17.2. The maximum absolute atomic E-state index is 13.7. The second kappa shape index (κ2) is 7.01. The van der Waals surface area contributed by atoms with Crippen LogP contribution in [-0.2, 0) is 23.0 Å². The van der Waals surface area contributed by atoms with Crippen molar-refractivity contribution in [2.45, 2.75) is 30.8 Å². The molecule has 0 bridgehead atoms. The van der Waals surface area contributed by atoms with Crippen LogP contribution in [0.1, 0.15) is 18.1 Å². The largest absolute Gasteiger partial charge is 0.295 e. The van der Waals surface area contributed by atoms with Gasteiger partial charge in [-0.2, -0.15) is 0 Å². The van der Waals surface area contributed by atoms with E-state index in [1.807, 2.05) is 19.1 Å². The number of sulfonamides is 1. The molecule has 0 fully saturated rings. The number of nitrogens with one attached hydrogen (secondary N) is 1. The summed E-state index contributed by atoms with van der Waals surface area (Å²) in [5.74, 6) is -0.732. The highest BCUT2D eigenvalue weighted by Crippen LogP contribution is 2.20. The molecule has 6 heteroatoms. The standard InChI is InChI=1S/C18H21FN2O2S/c1-14(21-11-10-15-6-2-3-7-16(15)13-21)12-20-24(22,23)18-9-5-4-8-17(18)19/h2-9,14,20H,10-13H2,1H3. The molecule has 0 radical (unpaired) electrons. The fraction of sp³-hybridized carbons (Fsp3) is 0.333. The highest BCUT2D eigenvalue weighted by Gasteiger charge is 2.23. The van der Waals surface area contributed by atoms with E-state index in [2.05, 4.69) is 21.8 Å². The first-order valence-corrected chi connectivity index (χ1v) is 9.51. The van der Waals surface area contributed by atoms with Crippen molar-refractivity contribution in [1.82, 2.24) is 9.62 Å². The normalized spacial score (nSPS) is 16.6. The predicted molar refractivity (Wildman–Crippen MR) is 91.6 cm³/mol. The lowest BCUT2D eigenvalue weighted by Gasteiger charge is -2.33. The van der Waals surface area contributed by atoms with Crippen molar-refractivity contribution in [2.75, 3.05) is 13.1 Å². The van der Waals surface area contributed by atoms with Gasteiger partial charge in [0.15, 0.2) is 0 Å². The summed E-state index contributed by atoms with van der Waals surface area (Å²) in [7, 11) is -3.84. The van der Waals surface area contributed by atoms with Gasteiger partial charge in [0.25, 0.3) is 0 Å². The third-order valence-corrected chi connectivity index (χ3v) is 5.94. The molecule has 4 nitrogen and oxygen atoms in total. The highest BCUT2D eigenvalue weighted by molar-refractivity contribution is 7.89. The smallest absolute Gasteiger partial charge is 0.243 e. The van der Waals surface area contributed by atoms with Crippen molar-refractivity contribution < 1.29 is 12.8 Å². The van der Waals surface area contributed by atoms with Gasteiger partial charge in [0.1, 0.15) is 10.7 Å². The topological polar surface area (TPSA) is 49.4 Å². The van der Waals surface area contributed by atoms with Gasteiger partial charge in [-0.1, -0.05) is 36.4 Å². The fourth-order valence-electron chi connectivity index (χ4n) is 2.99. The molecular weight excluding hydrogens is 327 g/mol. The molecule has 1 heterocycles. The molecule has 24 heavy (non-hydrogen) atoms. The Morgan fingerprint density at radius 2 is 1.79 bits per heavy atom. The molecule has 1 unspecified atom stereocenters. The van der Waals surface area contributed by atoms with Gasteiger partial charge in [0, 0.05) is 25.7 Å². The van der Waals surface area contributed by atoms with Crippen LogP contribution in [0.4, 0.5) is 4.39 Å². The molecule has 2 aromatic carbocycles. The number of nitrogens with zero attached hydrogens (tertiary/aromatic N) is 1. The first kappa shape index (κ1) is 17.1. The third kappa shape index (κ3) is 3.66. The molecule has 3 rings (SSSR count). The van der Waals surface area contributed by atoms with Crippen LogP contribution in [0.5, 0.6) is 0 Å². The van der Waals surface area contributed by atoms with E-state index < -0.39 is 15.8 Å². The molecule has 0 saturated heterocycles. The summed E-state index contributed by atoms with van der Waals surface area (Å²) < 4.78 is 40.8. The van der Waals surface area contributed by atoms with Crippen molar-refractivity contribution in [2.24, 2.45) is 0 Å². The summed E-state index contributed by atoms with van der Waals surface area (Å²) in [4.78, 5) is 1.94. The third-order valence-electron chi connectivity index (χ3n) is 4.48. The molecule has 1 N–H and O–H groups in total. The lowest BCUT2D eigenvalue weighted by atomic mass is 9.99. The Morgan fingerprint density at radius 3 is 2.54 bits per heavy atom. The van der Waals surface area contributed by atoms with Gasteiger partial charge in [-0.05, 0) is 36.6 Å². The van der Waals surface area contributed by atoms with Crippen LogP contribution in [-0.4, -0.2) is 32.4 Å². The van der Waals surface area contributed by atoms with Gasteiger partial charge < -0.3 is 0 Å². The molecule has 1 atom stereocenters. The van der Waals surface area contributed by atoms with E-state index in [9.17, 15) is 12.8 Å². The van der Waals surface area contributed by atoms with E-state index in [1.54, 1.807) is 0 Å². The van der Waals surface area contributed by atoms with Gasteiger partial charge in [0.05, 0.1) is 0 Å². The SMILES string of the molecule is CC(CNS(=O)(=O)c1ccccc1F)N1CCc2ccccc2C1. The van der Waals surface area contributed by atoms with Gasteiger partial charge in [-0.15, -0.1) is 0 Å². The molecule has 0 amide bonds. The van der Waals surface area contributed by atoms with E-state index in [0.29, 0.717) is 0 Å². The van der Waals surface area contributed by atoms with Crippen LogP contribution in [0.15, 0.2) is 53.4 Å². The molecule has 0 spiro atoms. The molecule has 0 saturated carbocycles.